The molecular weight excluding hydrogens is 144 g/mol. The standard InChI is InChI=1S/C8H10O3/c1-8(2,10)7(9)6-3-4-11-5-6/h3-5,10H,1-2H3. The highest BCUT2D eigenvalue weighted by atomic mass is 16.3. The van der Waals surface area contributed by atoms with Gasteiger partial charge in [0, 0.05) is 0 Å². The Kier molecular flexibility index (Phi) is 1.83. The molecule has 0 aliphatic heterocycles. The predicted molar refractivity (Wildman–Crippen MR) is 39.3 cm³/mol. The van der Waals surface area contributed by atoms with Crippen LogP contribution in [0.25, 0.3) is 0 Å². The molecule has 0 fully saturated rings. The lowest BCUT2D eigenvalue weighted by Gasteiger charge is -2.13. The average Bonchev–Trinajstić information content (AvgIpc) is 2.34. The molecule has 11 heavy (non-hydrogen) atoms. The van der Waals surface area contributed by atoms with Crippen LogP contribution < -0.4 is 0 Å². The lowest BCUT2D eigenvalue weighted by Crippen LogP contribution is -2.30. The van der Waals surface area contributed by atoms with E-state index in [1.165, 1.54) is 32.4 Å². The summed E-state index contributed by atoms with van der Waals surface area (Å²) in [5.41, 5.74) is -0.915. The molecule has 0 spiro atoms. The average molecular weight is 154 g/mol. The highest BCUT2D eigenvalue weighted by Gasteiger charge is 2.25. The quantitative estimate of drug-likeness (QED) is 0.652. The van der Waals surface area contributed by atoms with Crippen molar-refractivity contribution in [1.29, 1.82) is 0 Å². The first-order valence-electron chi connectivity index (χ1n) is 3.31. The van der Waals surface area contributed by atoms with Gasteiger partial charge in [-0.05, 0) is 19.9 Å². The van der Waals surface area contributed by atoms with Crippen molar-refractivity contribution in [2.24, 2.45) is 0 Å². The maximum Gasteiger partial charge on any atom is 0.196 e. The van der Waals surface area contributed by atoms with Crippen molar-refractivity contribution in [1.82, 2.24) is 0 Å². The van der Waals surface area contributed by atoms with Gasteiger partial charge in [-0.1, -0.05) is 0 Å². The third-order valence-corrected chi connectivity index (χ3v) is 1.34. The van der Waals surface area contributed by atoms with Crippen molar-refractivity contribution in [2.45, 2.75) is 19.4 Å². The zero-order valence-electron chi connectivity index (χ0n) is 6.50. The van der Waals surface area contributed by atoms with Crippen LogP contribution in [0.4, 0.5) is 0 Å². The molecule has 0 saturated heterocycles. The summed E-state index contributed by atoms with van der Waals surface area (Å²) in [5, 5.41) is 9.27. The molecule has 0 bridgehead atoms. The molecular formula is C8H10O3. The maximum atomic E-state index is 11.2. The van der Waals surface area contributed by atoms with Crippen LogP contribution in [0.15, 0.2) is 23.0 Å². The molecule has 1 aromatic heterocycles. The van der Waals surface area contributed by atoms with E-state index < -0.39 is 5.60 Å². The van der Waals surface area contributed by atoms with Gasteiger partial charge in [-0.15, -0.1) is 0 Å². The van der Waals surface area contributed by atoms with E-state index in [4.69, 9.17) is 4.42 Å². The Morgan fingerprint density at radius 3 is 2.64 bits per heavy atom. The van der Waals surface area contributed by atoms with Crippen molar-refractivity contribution in [3.05, 3.63) is 24.2 Å². The highest BCUT2D eigenvalue weighted by molar-refractivity contribution is 6.01. The van der Waals surface area contributed by atoms with Gasteiger partial charge in [-0.2, -0.15) is 0 Å². The molecule has 1 aromatic rings. The van der Waals surface area contributed by atoms with Gasteiger partial charge in [0.2, 0.25) is 0 Å². The molecule has 0 unspecified atom stereocenters. The van der Waals surface area contributed by atoms with Crippen molar-refractivity contribution in [2.75, 3.05) is 0 Å². The monoisotopic (exact) mass is 154 g/mol. The fourth-order valence-corrected chi connectivity index (χ4v) is 0.747. The van der Waals surface area contributed by atoms with Gasteiger partial charge < -0.3 is 9.52 Å². The summed E-state index contributed by atoms with van der Waals surface area (Å²) >= 11 is 0. The molecule has 1 rings (SSSR count). The van der Waals surface area contributed by atoms with Gasteiger partial charge in [-0.25, -0.2) is 0 Å². The SMILES string of the molecule is CC(C)(O)C(=O)c1ccoc1. The lowest BCUT2D eigenvalue weighted by atomic mass is 9.99. The Hall–Kier alpha value is -1.09. The van der Waals surface area contributed by atoms with Gasteiger partial charge in [0.15, 0.2) is 5.78 Å². The number of aliphatic hydroxyl groups is 1. The van der Waals surface area contributed by atoms with E-state index in [0.29, 0.717) is 5.56 Å². The van der Waals surface area contributed by atoms with Crippen molar-refractivity contribution < 1.29 is 14.3 Å². The van der Waals surface area contributed by atoms with Crippen LogP contribution in [0.1, 0.15) is 24.2 Å². The van der Waals surface area contributed by atoms with Crippen molar-refractivity contribution in [3.63, 3.8) is 0 Å². The van der Waals surface area contributed by atoms with Crippen LogP contribution in [0, 0.1) is 0 Å². The smallest absolute Gasteiger partial charge is 0.196 e. The Balaban J connectivity index is 2.88. The topological polar surface area (TPSA) is 50.4 Å². The van der Waals surface area contributed by atoms with Gasteiger partial charge in [0.25, 0.3) is 0 Å². The molecule has 3 heteroatoms. The number of ketones is 1. The fraction of sp³-hybridized carbons (Fsp3) is 0.375. The van der Waals surface area contributed by atoms with E-state index in [1.54, 1.807) is 0 Å². The van der Waals surface area contributed by atoms with Crippen LogP contribution in [0.3, 0.4) is 0 Å². The molecule has 0 atom stereocenters. The molecule has 0 aliphatic carbocycles. The van der Waals surface area contributed by atoms with E-state index in [1.807, 2.05) is 0 Å². The Morgan fingerprint density at radius 1 is 1.64 bits per heavy atom. The van der Waals surface area contributed by atoms with Crippen LogP contribution in [-0.4, -0.2) is 16.5 Å². The highest BCUT2D eigenvalue weighted by Crippen LogP contribution is 2.12. The largest absolute Gasteiger partial charge is 0.472 e. The van der Waals surface area contributed by atoms with E-state index in [2.05, 4.69) is 0 Å². The third kappa shape index (κ3) is 1.68. The fourth-order valence-electron chi connectivity index (χ4n) is 0.747. The molecule has 0 radical (unpaired) electrons. The summed E-state index contributed by atoms with van der Waals surface area (Å²) in [6, 6.07) is 1.53. The molecule has 60 valence electrons. The van der Waals surface area contributed by atoms with E-state index in [-0.39, 0.29) is 5.78 Å². The maximum absolute atomic E-state index is 11.2. The van der Waals surface area contributed by atoms with E-state index >= 15 is 0 Å². The second-order valence-corrected chi connectivity index (χ2v) is 2.90. The van der Waals surface area contributed by atoms with Gasteiger partial charge in [0.05, 0.1) is 11.8 Å². The minimum Gasteiger partial charge on any atom is -0.472 e. The Bertz CT molecular complexity index is 241. The minimum absolute atomic E-state index is 0.328. The number of hydrogen-bond donors (Lipinski definition) is 1. The van der Waals surface area contributed by atoms with E-state index in [9.17, 15) is 9.90 Å². The van der Waals surface area contributed by atoms with Crippen molar-refractivity contribution >= 4 is 5.78 Å². The zero-order chi connectivity index (χ0) is 8.48. The molecule has 0 aliphatic rings. The van der Waals surface area contributed by atoms with Gasteiger partial charge in [-0.3, -0.25) is 4.79 Å². The molecule has 0 amide bonds. The summed E-state index contributed by atoms with van der Waals surface area (Å²) < 4.78 is 4.70. The summed E-state index contributed by atoms with van der Waals surface area (Å²) in [7, 11) is 0. The zero-order valence-corrected chi connectivity index (χ0v) is 6.50. The summed E-state index contributed by atoms with van der Waals surface area (Å²) in [6.07, 6.45) is 2.72. The predicted octanol–water partition coefficient (Wildman–Crippen LogP) is 1.23. The Labute approximate surface area is 64.6 Å². The van der Waals surface area contributed by atoms with Crippen molar-refractivity contribution in [3.8, 4) is 0 Å². The third-order valence-electron chi connectivity index (χ3n) is 1.34. The van der Waals surface area contributed by atoms with Gasteiger partial charge in [0.1, 0.15) is 11.9 Å². The number of hydrogen-bond acceptors (Lipinski definition) is 3. The van der Waals surface area contributed by atoms with Gasteiger partial charge >= 0.3 is 0 Å². The molecule has 0 saturated carbocycles. The molecule has 3 nitrogen and oxygen atoms in total. The molecule has 1 heterocycles. The number of carbonyl (C=O) groups is 1. The second-order valence-electron chi connectivity index (χ2n) is 2.90. The molecule has 0 aromatic carbocycles. The van der Waals surface area contributed by atoms with Crippen LogP contribution >= 0.6 is 0 Å². The second kappa shape index (κ2) is 2.51. The number of carbonyl (C=O) groups excluding carboxylic acids is 1. The number of furan rings is 1. The number of rotatable bonds is 2. The lowest BCUT2D eigenvalue weighted by molar-refractivity contribution is 0.0487. The normalized spacial score (nSPS) is 11.5. The summed E-state index contributed by atoms with van der Waals surface area (Å²) in [6.45, 7) is 2.89. The van der Waals surface area contributed by atoms with Crippen LogP contribution in [-0.2, 0) is 0 Å². The first kappa shape index (κ1) is 8.01. The van der Waals surface area contributed by atoms with Crippen LogP contribution in [0.5, 0.6) is 0 Å². The number of Topliss-reactive ketones (excluding diaryl/α,β-unsaturated/α-hetero) is 1. The minimum atomic E-state index is -1.32. The van der Waals surface area contributed by atoms with Crippen LogP contribution in [0.2, 0.25) is 0 Å². The summed E-state index contributed by atoms with van der Waals surface area (Å²) in [4.78, 5) is 11.2. The van der Waals surface area contributed by atoms with E-state index in [0.717, 1.165) is 0 Å². The first-order valence-corrected chi connectivity index (χ1v) is 3.31. The summed E-state index contributed by atoms with van der Waals surface area (Å²) in [5.74, 6) is -0.328. The molecule has 1 N–H and O–H groups in total. The Morgan fingerprint density at radius 2 is 2.27 bits per heavy atom. The first-order chi connectivity index (χ1) is 5.02.